The maximum Gasteiger partial charge on any atom is 0.226 e. The van der Waals surface area contributed by atoms with Crippen molar-refractivity contribution in [1.82, 2.24) is 15.0 Å². The first kappa shape index (κ1) is 12.9. The lowest BCUT2D eigenvalue weighted by Crippen LogP contribution is -2.33. The summed E-state index contributed by atoms with van der Waals surface area (Å²) in [6.45, 7) is 2.83. The molecular weight excluding hydrogens is 238 g/mol. The van der Waals surface area contributed by atoms with Crippen molar-refractivity contribution >= 4 is 11.8 Å². The van der Waals surface area contributed by atoms with Gasteiger partial charge in [-0.3, -0.25) is 4.90 Å². The first-order chi connectivity index (χ1) is 8.16. The summed E-state index contributed by atoms with van der Waals surface area (Å²) in [4.78, 5) is 6.68. The summed E-state index contributed by atoms with van der Waals surface area (Å²) in [6.07, 6.45) is 0.990. The molecule has 0 aliphatic carbocycles. The first-order valence-electron chi connectivity index (χ1n) is 5.95. The predicted molar refractivity (Wildman–Crippen MR) is 67.0 cm³/mol. The van der Waals surface area contributed by atoms with Crippen molar-refractivity contribution in [2.75, 3.05) is 25.1 Å². The minimum Gasteiger partial charge on any atom is -0.393 e. The highest BCUT2D eigenvalue weighted by Crippen LogP contribution is 2.26. The molecule has 1 saturated heterocycles. The van der Waals surface area contributed by atoms with Gasteiger partial charge >= 0.3 is 0 Å². The Hall–Kier alpha value is -0.590. The van der Waals surface area contributed by atoms with E-state index in [0.29, 0.717) is 18.7 Å². The normalized spacial score (nSPS) is 23.8. The second-order valence-electron chi connectivity index (χ2n) is 4.51. The fourth-order valence-electron chi connectivity index (χ4n) is 1.80. The summed E-state index contributed by atoms with van der Waals surface area (Å²) in [7, 11) is 2.09. The molecule has 1 aromatic rings. The molecule has 1 N–H and O–H groups in total. The maximum atomic E-state index is 9.21. The van der Waals surface area contributed by atoms with Gasteiger partial charge in [-0.15, -0.1) is 0 Å². The monoisotopic (exact) mass is 257 g/mol. The number of aliphatic hydroxyl groups excluding tert-OH is 1. The van der Waals surface area contributed by atoms with Crippen LogP contribution < -0.4 is 0 Å². The SMILES string of the molecule is CC(O)CCc1nc(C2CSCCN2C)no1. The highest BCUT2D eigenvalue weighted by Gasteiger charge is 2.25. The van der Waals surface area contributed by atoms with Gasteiger partial charge in [-0.2, -0.15) is 16.7 Å². The molecule has 1 aromatic heterocycles. The Balaban J connectivity index is 1.97. The van der Waals surface area contributed by atoms with Crippen molar-refractivity contribution in [2.45, 2.75) is 31.9 Å². The zero-order valence-corrected chi connectivity index (χ0v) is 11.1. The standard InChI is InChI=1S/C11H19N3O2S/c1-8(15)3-4-10-12-11(13-16-10)9-7-17-6-5-14(9)2/h8-9,15H,3-7H2,1-2H3. The van der Waals surface area contributed by atoms with Crippen LogP contribution in [0.2, 0.25) is 0 Å². The van der Waals surface area contributed by atoms with E-state index in [2.05, 4.69) is 22.1 Å². The fourth-order valence-corrected chi connectivity index (χ4v) is 3.01. The highest BCUT2D eigenvalue weighted by atomic mass is 32.2. The third-order valence-electron chi connectivity index (χ3n) is 2.95. The van der Waals surface area contributed by atoms with Crippen LogP contribution in [0.1, 0.15) is 31.1 Å². The molecule has 0 spiro atoms. The van der Waals surface area contributed by atoms with Crippen molar-refractivity contribution < 1.29 is 9.63 Å². The Labute approximate surface area is 106 Å². The van der Waals surface area contributed by atoms with Crippen molar-refractivity contribution in [2.24, 2.45) is 0 Å². The summed E-state index contributed by atoms with van der Waals surface area (Å²) < 4.78 is 5.21. The van der Waals surface area contributed by atoms with E-state index in [1.807, 2.05) is 11.8 Å². The maximum absolute atomic E-state index is 9.21. The molecule has 1 aliphatic heterocycles. The Bertz CT molecular complexity index is 356. The Kier molecular flexibility index (Phi) is 4.42. The minimum absolute atomic E-state index is 0.262. The highest BCUT2D eigenvalue weighted by molar-refractivity contribution is 7.99. The molecule has 2 heterocycles. The van der Waals surface area contributed by atoms with Gasteiger partial charge in [-0.25, -0.2) is 0 Å². The lowest BCUT2D eigenvalue weighted by Gasteiger charge is -2.29. The number of nitrogens with zero attached hydrogens (tertiary/aromatic N) is 3. The molecule has 0 radical (unpaired) electrons. The smallest absolute Gasteiger partial charge is 0.226 e. The molecule has 1 aliphatic rings. The van der Waals surface area contributed by atoms with Gasteiger partial charge in [0, 0.05) is 24.5 Å². The van der Waals surface area contributed by atoms with Crippen LogP contribution in [0.5, 0.6) is 0 Å². The number of aliphatic hydroxyl groups is 1. The number of hydrogen-bond donors (Lipinski definition) is 1. The van der Waals surface area contributed by atoms with Crippen LogP contribution in [0.3, 0.4) is 0 Å². The van der Waals surface area contributed by atoms with E-state index in [-0.39, 0.29) is 12.1 Å². The number of thioether (sulfide) groups is 1. The molecule has 6 heteroatoms. The van der Waals surface area contributed by atoms with Crippen molar-refractivity contribution in [1.29, 1.82) is 0 Å². The average molecular weight is 257 g/mol. The van der Waals surface area contributed by atoms with Crippen LogP contribution in [0.4, 0.5) is 0 Å². The van der Waals surface area contributed by atoms with E-state index in [9.17, 15) is 5.11 Å². The fraction of sp³-hybridized carbons (Fsp3) is 0.818. The van der Waals surface area contributed by atoms with E-state index in [4.69, 9.17) is 4.52 Å². The van der Waals surface area contributed by atoms with Gasteiger partial charge in [-0.1, -0.05) is 5.16 Å². The molecule has 5 nitrogen and oxygen atoms in total. The summed E-state index contributed by atoms with van der Waals surface area (Å²) in [5, 5.41) is 13.3. The van der Waals surface area contributed by atoms with Gasteiger partial charge in [0.05, 0.1) is 12.1 Å². The molecule has 2 atom stereocenters. The van der Waals surface area contributed by atoms with Gasteiger partial charge in [0.2, 0.25) is 5.89 Å². The minimum atomic E-state index is -0.321. The number of aromatic nitrogens is 2. The largest absolute Gasteiger partial charge is 0.393 e. The van der Waals surface area contributed by atoms with Crippen LogP contribution in [0.25, 0.3) is 0 Å². The summed E-state index contributed by atoms with van der Waals surface area (Å²) >= 11 is 1.93. The average Bonchev–Trinajstić information content (AvgIpc) is 2.75. The summed E-state index contributed by atoms with van der Waals surface area (Å²) in [5.74, 6) is 3.59. The molecule has 2 rings (SSSR count). The van der Waals surface area contributed by atoms with E-state index in [1.165, 1.54) is 5.75 Å². The van der Waals surface area contributed by atoms with Crippen LogP contribution in [-0.4, -0.2) is 51.3 Å². The molecule has 1 fully saturated rings. The van der Waals surface area contributed by atoms with E-state index in [1.54, 1.807) is 6.92 Å². The van der Waals surface area contributed by atoms with E-state index in [0.717, 1.165) is 18.1 Å². The molecule has 0 amide bonds. The van der Waals surface area contributed by atoms with Crippen LogP contribution in [0.15, 0.2) is 4.52 Å². The zero-order chi connectivity index (χ0) is 12.3. The topological polar surface area (TPSA) is 62.4 Å². The molecule has 17 heavy (non-hydrogen) atoms. The number of rotatable bonds is 4. The van der Waals surface area contributed by atoms with Crippen molar-refractivity contribution in [3.8, 4) is 0 Å². The zero-order valence-electron chi connectivity index (χ0n) is 10.3. The number of hydrogen-bond acceptors (Lipinski definition) is 6. The summed E-state index contributed by atoms with van der Waals surface area (Å²) in [6, 6.07) is 0.262. The third kappa shape index (κ3) is 3.43. The predicted octanol–water partition coefficient (Wildman–Crippen LogP) is 1.10. The van der Waals surface area contributed by atoms with Gasteiger partial charge < -0.3 is 9.63 Å². The Morgan fingerprint density at radius 2 is 2.47 bits per heavy atom. The first-order valence-corrected chi connectivity index (χ1v) is 7.11. The molecule has 0 aromatic carbocycles. The van der Waals surface area contributed by atoms with E-state index >= 15 is 0 Å². The Morgan fingerprint density at radius 1 is 1.65 bits per heavy atom. The molecule has 0 bridgehead atoms. The molecular formula is C11H19N3O2S. The Morgan fingerprint density at radius 3 is 3.18 bits per heavy atom. The van der Waals surface area contributed by atoms with Crippen LogP contribution >= 0.6 is 11.8 Å². The lowest BCUT2D eigenvalue weighted by molar-refractivity contribution is 0.180. The van der Waals surface area contributed by atoms with Gasteiger partial charge in [0.1, 0.15) is 0 Å². The van der Waals surface area contributed by atoms with Crippen LogP contribution in [-0.2, 0) is 6.42 Å². The van der Waals surface area contributed by atoms with Gasteiger partial charge in [0.25, 0.3) is 0 Å². The molecule has 96 valence electrons. The second-order valence-corrected chi connectivity index (χ2v) is 5.66. The van der Waals surface area contributed by atoms with Crippen LogP contribution in [0, 0.1) is 0 Å². The quantitative estimate of drug-likeness (QED) is 0.871. The third-order valence-corrected chi connectivity index (χ3v) is 3.98. The number of aryl methyl sites for hydroxylation is 1. The molecule has 2 unspecified atom stereocenters. The van der Waals surface area contributed by atoms with E-state index < -0.39 is 0 Å². The van der Waals surface area contributed by atoms with Crippen molar-refractivity contribution in [3.05, 3.63) is 11.7 Å². The van der Waals surface area contributed by atoms with Gasteiger partial charge in [0.15, 0.2) is 5.82 Å². The molecule has 0 saturated carbocycles. The van der Waals surface area contributed by atoms with Gasteiger partial charge in [-0.05, 0) is 20.4 Å². The van der Waals surface area contributed by atoms with Crippen molar-refractivity contribution in [3.63, 3.8) is 0 Å². The lowest BCUT2D eigenvalue weighted by atomic mass is 10.2. The summed E-state index contributed by atoms with van der Waals surface area (Å²) in [5.41, 5.74) is 0. The second kappa shape index (κ2) is 5.84.